The Bertz CT molecular complexity index is 624. The SMILES string of the molecule is CCCC#CC[C@H](C)[C@H](O)/C=C/[C@H]1CC(F)(F)C(=O)N1CCCCCCC(=O)O. The summed E-state index contributed by atoms with van der Waals surface area (Å²) in [5.74, 6) is 0.480. The monoisotopic (exact) mass is 413 g/mol. The number of aliphatic hydroxyl groups excluding tert-OH is 1. The average Bonchev–Trinajstić information content (AvgIpc) is 2.88. The van der Waals surface area contributed by atoms with Crippen LogP contribution >= 0.6 is 0 Å². The Morgan fingerprint density at radius 3 is 2.66 bits per heavy atom. The molecule has 0 aromatic carbocycles. The number of nitrogens with zero attached hydrogens (tertiary/aromatic N) is 1. The van der Waals surface area contributed by atoms with Crippen LogP contribution in [0, 0.1) is 17.8 Å². The molecule has 1 heterocycles. The van der Waals surface area contributed by atoms with Crippen LogP contribution in [0.2, 0.25) is 0 Å². The zero-order chi connectivity index (χ0) is 21.9. The Kier molecular flexibility index (Phi) is 10.9. The number of aliphatic carboxylic acids is 1. The first-order chi connectivity index (χ1) is 13.7. The summed E-state index contributed by atoms with van der Waals surface area (Å²) in [4.78, 5) is 23.7. The summed E-state index contributed by atoms with van der Waals surface area (Å²) in [5, 5.41) is 18.9. The zero-order valence-corrected chi connectivity index (χ0v) is 17.4. The third-order valence-corrected chi connectivity index (χ3v) is 5.02. The van der Waals surface area contributed by atoms with Crippen LogP contribution in [0.15, 0.2) is 12.2 Å². The molecular formula is C22H33F2NO4. The van der Waals surface area contributed by atoms with Crippen LogP contribution in [0.1, 0.15) is 71.6 Å². The molecule has 1 fully saturated rings. The lowest BCUT2D eigenvalue weighted by molar-refractivity contribution is -0.148. The molecule has 3 atom stereocenters. The number of likely N-dealkylation sites (tertiary alicyclic amines) is 1. The third-order valence-electron chi connectivity index (χ3n) is 5.02. The highest BCUT2D eigenvalue weighted by atomic mass is 19.3. The van der Waals surface area contributed by atoms with Gasteiger partial charge in [-0.15, -0.1) is 11.8 Å². The molecule has 0 aromatic heterocycles. The van der Waals surface area contributed by atoms with E-state index in [0.29, 0.717) is 32.1 Å². The normalized spacial score (nSPS) is 20.5. The van der Waals surface area contributed by atoms with Crippen LogP contribution in [-0.2, 0) is 9.59 Å². The van der Waals surface area contributed by atoms with Gasteiger partial charge in [0, 0.05) is 32.2 Å². The summed E-state index contributed by atoms with van der Waals surface area (Å²) in [5.41, 5.74) is 0. The van der Waals surface area contributed by atoms with Gasteiger partial charge in [-0.2, -0.15) is 8.78 Å². The van der Waals surface area contributed by atoms with E-state index in [1.807, 2.05) is 13.8 Å². The Morgan fingerprint density at radius 2 is 2.00 bits per heavy atom. The van der Waals surface area contributed by atoms with Crippen molar-refractivity contribution < 1.29 is 28.6 Å². The average molecular weight is 414 g/mol. The van der Waals surface area contributed by atoms with Crippen molar-refractivity contribution >= 4 is 11.9 Å². The van der Waals surface area contributed by atoms with Crippen LogP contribution in [-0.4, -0.2) is 51.6 Å². The Morgan fingerprint density at radius 1 is 1.31 bits per heavy atom. The highest BCUT2D eigenvalue weighted by Gasteiger charge is 2.52. The van der Waals surface area contributed by atoms with E-state index in [-0.39, 0.29) is 18.9 Å². The lowest BCUT2D eigenvalue weighted by Crippen LogP contribution is -2.36. The Balaban J connectivity index is 2.57. The van der Waals surface area contributed by atoms with Gasteiger partial charge < -0.3 is 15.1 Å². The van der Waals surface area contributed by atoms with E-state index in [0.717, 1.165) is 12.8 Å². The van der Waals surface area contributed by atoms with E-state index < -0.39 is 36.4 Å². The van der Waals surface area contributed by atoms with Crippen molar-refractivity contribution in [3.63, 3.8) is 0 Å². The van der Waals surface area contributed by atoms with E-state index in [1.165, 1.54) is 17.1 Å². The van der Waals surface area contributed by atoms with E-state index in [2.05, 4.69) is 11.8 Å². The molecule has 164 valence electrons. The summed E-state index contributed by atoms with van der Waals surface area (Å²) in [7, 11) is 0. The van der Waals surface area contributed by atoms with Crippen molar-refractivity contribution in [1.29, 1.82) is 0 Å². The van der Waals surface area contributed by atoms with Gasteiger partial charge in [0.15, 0.2) is 0 Å². The molecule has 1 amide bonds. The van der Waals surface area contributed by atoms with Gasteiger partial charge in [-0.3, -0.25) is 9.59 Å². The second-order valence-corrected chi connectivity index (χ2v) is 7.69. The summed E-state index contributed by atoms with van der Waals surface area (Å²) >= 11 is 0. The van der Waals surface area contributed by atoms with E-state index in [1.54, 1.807) is 0 Å². The fraction of sp³-hybridized carbons (Fsp3) is 0.727. The minimum Gasteiger partial charge on any atom is -0.481 e. The van der Waals surface area contributed by atoms with Crippen molar-refractivity contribution in [3.05, 3.63) is 12.2 Å². The number of hydrogen-bond acceptors (Lipinski definition) is 3. The summed E-state index contributed by atoms with van der Waals surface area (Å²) in [6.07, 6.45) is 6.42. The third kappa shape index (κ3) is 8.95. The van der Waals surface area contributed by atoms with Crippen molar-refractivity contribution in [2.75, 3.05) is 6.54 Å². The van der Waals surface area contributed by atoms with E-state index in [9.17, 15) is 23.5 Å². The molecule has 29 heavy (non-hydrogen) atoms. The molecule has 1 rings (SSSR count). The van der Waals surface area contributed by atoms with Crippen LogP contribution in [0.25, 0.3) is 0 Å². The summed E-state index contributed by atoms with van der Waals surface area (Å²) in [6, 6.07) is -0.746. The van der Waals surface area contributed by atoms with Gasteiger partial charge in [-0.05, 0) is 25.2 Å². The number of carbonyl (C=O) groups excluding carboxylic acids is 1. The molecule has 0 radical (unpaired) electrons. The van der Waals surface area contributed by atoms with Crippen LogP contribution in [0.5, 0.6) is 0 Å². The molecule has 7 heteroatoms. The topological polar surface area (TPSA) is 77.8 Å². The molecule has 2 N–H and O–H groups in total. The van der Waals surface area contributed by atoms with E-state index in [4.69, 9.17) is 5.11 Å². The maximum atomic E-state index is 13.9. The number of carboxylic acids is 1. The maximum Gasteiger partial charge on any atom is 0.327 e. The number of alkyl halides is 2. The Hall–Kier alpha value is -1.94. The van der Waals surface area contributed by atoms with Crippen molar-refractivity contribution in [2.24, 2.45) is 5.92 Å². The molecule has 5 nitrogen and oxygen atoms in total. The van der Waals surface area contributed by atoms with Gasteiger partial charge in [0.2, 0.25) is 0 Å². The quantitative estimate of drug-likeness (QED) is 0.288. The predicted octanol–water partition coefficient (Wildman–Crippen LogP) is 4.00. The van der Waals surface area contributed by atoms with E-state index >= 15 is 0 Å². The minimum atomic E-state index is -3.39. The molecule has 1 aliphatic rings. The first-order valence-corrected chi connectivity index (χ1v) is 10.4. The fourth-order valence-electron chi connectivity index (χ4n) is 3.17. The number of carbonyl (C=O) groups is 2. The van der Waals surface area contributed by atoms with Crippen molar-refractivity contribution in [1.82, 2.24) is 4.90 Å². The summed E-state index contributed by atoms with van der Waals surface area (Å²) in [6.45, 7) is 4.08. The second-order valence-electron chi connectivity index (χ2n) is 7.69. The number of rotatable bonds is 12. The first-order valence-electron chi connectivity index (χ1n) is 10.4. The standard InChI is InChI=1S/C22H33F2NO4/c1-3-4-5-8-11-17(2)19(26)14-13-18-16-22(23,24)21(29)25(18)15-10-7-6-9-12-20(27)28/h13-14,17-19,26H,3-4,6-7,9-12,15-16H2,1-2H3,(H,27,28)/b14-13+/t17-,18-,19+/m0/s1. The lowest BCUT2D eigenvalue weighted by atomic mass is 9.99. The molecule has 1 saturated heterocycles. The second kappa shape index (κ2) is 12.6. The van der Waals surface area contributed by atoms with Crippen molar-refractivity contribution in [3.8, 4) is 11.8 Å². The highest BCUT2D eigenvalue weighted by molar-refractivity contribution is 5.86. The fourth-order valence-corrected chi connectivity index (χ4v) is 3.17. The maximum absolute atomic E-state index is 13.9. The number of unbranched alkanes of at least 4 members (excludes halogenated alkanes) is 4. The Labute approximate surface area is 172 Å². The van der Waals surface area contributed by atoms with Gasteiger partial charge >= 0.3 is 11.9 Å². The lowest BCUT2D eigenvalue weighted by Gasteiger charge is -2.22. The van der Waals surface area contributed by atoms with Crippen LogP contribution in [0.3, 0.4) is 0 Å². The van der Waals surface area contributed by atoms with Crippen molar-refractivity contribution in [2.45, 2.75) is 89.7 Å². The molecule has 0 aromatic rings. The minimum absolute atomic E-state index is 0.0883. The largest absolute Gasteiger partial charge is 0.481 e. The number of halogens is 2. The van der Waals surface area contributed by atoms with Crippen LogP contribution < -0.4 is 0 Å². The van der Waals surface area contributed by atoms with Gasteiger partial charge in [-0.1, -0.05) is 38.8 Å². The van der Waals surface area contributed by atoms with Crippen LogP contribution in [0.4, 0.5) is 8.78 Å². The zero-order valence-electron chi connectivity index (χ0n) is 17.4. The van der Waals surface area contributed by atoms with Gasteiger partial charge in [0.05, 0.1) is 12.1 Å². The van der Waals surface area contributed by atoms with Gasteiger partial charge in [-0.25, -0.2) is 0 Å². The van der Waals surface area contributed by atoms with Gasteiger partial charge in [0.25, 0.3) is 5.91 Å². The number of carboxylic acid groups (broad SMARTS) is 1. The van der Waals surface area contributed by atoms with Gasteiger partial charge in [0.1, 0.15) is 0 Å². The number of amides is 1. The smallest absolute Gasteiger partial charge is 0.327 e. The highest BCUT2D eigenvalue weighted by Crippen LogP contribution is 2.34. The molecule has 0 saturated carbocycles. The molecule has 0 spiro atoms. The molecule has 0 bridgehead atoms. The molecule has 0 unspecified atom stereocenters. The molecule has 1 aliphatic heterocycles. The number of hydrogen-bond donors (Lipinski definition) is 2. The molecular weight excluding hydrogens is 380 g/mol. The first kappa shape index (κ1) is 25.1. The molecule has 0 aliphatic carbocycles. The number of aliphatic hydroxyl groups is 1. The predicted molar refractivity (Wildman–Crippen MR) is 107 cm³/mol. The summed E-state index contributed by atoms with van der Waals surface area (Å²) < 4.78 is 27.8.